The quantitative estimate of drug-likeness (QED) is 0.806. The number of hydrogen-bond donors (Lipinski definition) is 1. The summed E-state index contributed by atoms with van der Waals surface area (Å²) < 4.78 is 26.5. The van der Waals surface area contributed by atoms with Gasteiger partial charge < -0.3 is 5.32 Å². The van der Waals surface area contributed by atoms with Crippen LogP contribution in [0.3, 0.4) is 0 Å². The van der Waals surface area contributed by atoms with E-state index in [1.807, 2.05) is 20.8 Å². The van der Waals surface area contributed by atoms with E-state index in [0.717, 1.165) is 0 Å². The number of amides is 1. The number of carbonyl (C=O) groups excluding carboxylic acids is 1. The Balaban J connectivity index is 2.19. The molecule has 0 aliphatic carbocycles. The molecule has 0 aromatic heterocycles. The molecular weight excluding hydrogens is 372 g/mol. The molecule has 140 valence electrons. The molecule has 26 heavy (non-hydrogen) atoms. The number of anilines is 1. The van der Waals surface area contributed by atoms with Crippen molar-refractivity contribution < 1.29 is 13.2 Å². The molecule has 0 aliphatic rings. The third-order valence-electron chi connectivity index (χ3n) is 4.32. The van der Waals surface area contributed by atoms with Gasteiger partial charge in [-0.2, -0.15) is 0 Å². The minimum atomic E-state index is -3.70. The molecule has 2 aromatic rings. The van der Waals surface area contributed by atoms with Gasteiger partial charge >= 0.3 is 0 Å². The summed E-state index contributed by atoms with van der Waals surface area (Å²) in [5, 5.41) is 3.39. The van der Waals surface area contributed by atoms with Crippen molar-refractivity contribution in [1.29, 1.82) is 0 Å². The minimum absolute atomic E-state index is 0.0510. The summed E-state index contributed by atoms with van der Waals surface area (Å²) in [5.74, 6) is 0.148. The number of sulfonamides is 1. The molecule has 0 saturated carbocycles. The molecule has 1 atom stereocenters. The van der Waals surface area contributed by atoms with Gasteiger partial charge in [0.1, 0.15) is 0 Å². The second-order valence-corrected chi connectivity index (χ2v) is 8.89. The lowest BCUT2D eigenvalue weighted by Gasteiger charge is -2.20. The maximum Gasteiger partial charge on any atom is 0.264 e. The minimum Gasteiger partial charge on any atom is -0.349 e. The zero-order valence-electron chi connectivity index (χ0n) is 15.2. The lowest BCUT2D eigenvalue weighted by Crippen LogP contribution is -2.36. The van der Waals surface area contributed by atoms with Crippen LogP contribution in [0.15, 0.2) is 53.4 Å². The van der Waals surface area contributed by atoms with Gasteiger partial charge in [-0.25, -0.2) is 8.42 Å². The van der Waals surface area contributed by atoms with Crippen LogP contribution in [0.2, 0.25) is 5.02 Å². The van der Waals surface area contributed by atoms with E-state index < -0.39 is 10.0 Å². The molecule has 7 heteroatoms. The second-order valence-electron chi connectivity index (χ2n) is 6.48. The van der Waals surface area contributed by atoms with Crippen molar-refractivity contribution >= 4 is 33.2 Å². The third kappa shape index (κ3) is 4.56. The van der Waals surface area contributed by atoms with Gasteiger partial charge in [0.05, 0.1) is 10.6 Å². The van der Waals surface area contributed by atoms with E-state index in [1.54, 1.807) is 24.3 Å². The van der Waals surface area contributed by atoms with Gasteiger partial charge in [0.2, 0.25) is 0 Å². The number of hydrogen-bond acceptors (Lipinski definition) is 3. The highest BCUT2D eigenvalue weighted by atomic mass is 35.5. The highest BCUT2D eigenvalue weighted by Gasteiger charge is 2.21. The summed E-state index contributed by atoms with van der Waals surface area (Å²) in [5.41, 5.74) is 0.951. The van der Waals surface area contributed by atoms with E-state index in [4.69, 9.17) is 11.6 Å². The Bertz CT molecular complexity index is 863. The average molecular weight is 395 g/mol. The summed E-state index contributed by atoms with van der Waals surface area (Å²) in [7, 11) is -2.23. The van der Waals surface area contributed by atoms with Crippen molar-refractivity contribution in [3.05, 3.63) is 59.1 Å². The van der Waals surface area contributed by atoms with Gasteiger partial charge in [-0.1, -0.05) is 25.4 Å². The van der Waals surface area contributed by atoms with Gasteiger partial charge in [0.15, 0.2) is 0 Å². The van der Waals surface area contributed by atoms with Crippen LogP contribution in [0.4, 0.5) is 5.69 Å². The first-order chi connectivity index (χ1) is 12.1. The van der Waals surface area contributed by atoms with Gasteiger partial charge in [0.25, 0.3) is 15.9 Å². The SMILES string of the molecule is CC(C)C(C)NC(=O)c1ccc(N(C)S(=O)(=O)c2ccc(Cl)cc2)cc1. The first-order valence-corrected chi connectivity index (χ1v) is 10.1. The average Bonchev–Trinajstić information content (AvgIpc) is 2.61. The van der Waals surface area contributed by atoms with Crippen molar-refractivity contribution in [3.8, 4) is 0 Å². The molecule has 5 nitrogen and oxygen atoms in total. The molecule has 1 N–H and O–H groups in total. The Hall–Kier alpha value is -2.05. The number of nitrogens with one attached hydrogen (secondary N) is 1. The predicted octanol–water partition coefficient (Wildman–Crippen LogP) is 3.94. The van der Waals surface area contributed by atoms with Crippen molar-refractivity contribution in [2.24, 2.45) is 5.92 Å². The number of rotatable bonds is 6. The number of halogens is 1. The molecule has 0 radical (unpaired) electrons. The van der Waals surface area contributed by atoms with Crippen LogP contribution in [-0.2, 0) is 10.0 Å². The van der Waals surface area contributed by atoms with Gasteiger partial charge in [-0.15, -0.1) is 0 Å². The fourth-order valence-electron chi connectivity index (χ4n) is 2.18. The van der Waals surface area contributed by atoms with Crippen molar-refractivity contribution in [1.82, 2.24) is 5.32 Å². The first-order valence-electron chi connectivity index (χ1n) is 8.28. The van der Waals surface area contributed by atoms with Crippen LogP contribution in [0.25, 0.3) is 0 Å². The van der Waals surface area contributed by atoms with Crippen molar-refractivity contribution in [3.63, 3.8) is 0 Å². The predicted molar refractivity (Wildman–Crippen MR) is 105 cm³/mol. The summed E-state index contributed by atoms with van der Waals surface area (Å²) in [6.07, 6.45) is 0. The Morgan fingerprint density at radius 2 is 1.54 bits per heavy atom. The van der Waals surface area contributed by atoms with E-state index in [1.165, 1.54) is 35.6 Å². The molecule has 0 fully saturated rings. The van der Waals surface area contributed by atoms with E-state index in [-0.39, 0.29) is 16.8 Å². The largest absolute Gasteiger partial charge is 0.349 e. The van der Waals surface area contributed by atoms with E-state index in [2.05, 4.69) is 5.32 Å². The second kappa shape index (κ2) is 8.10. The summed E-state index contributed by atoms with van der Waals surface area (Å²) in [4.78, 5) is 12.4. The van der Waals surface area contributed by atoms with Crippen LogP contribution < -0.4 is 9.62 Å². The fourth-order valence-corrected chi connectivity index (χ4v) is 3.50. The molecule has 0 bridgehead atoms. The topological polar surface area (TPSA) is 66.5 Å². The van der Waals surface area contributed by atoms with Crippen LogP contribution >= 0.6 is 11.6 Å². The number of carbonyl (C=O) groups is 1. The normalized spacial score (nSPS) is 12.7. The Morgan fingerprint density at radius 3 is 2.04 bits per heavy atom. The number of nitrogens with zero attached hydrogens (tertiary/aromatic N) is 1. The molecular formula is C19H23ClN2O3S. The summed E-state index contributed by atoms with van der Waals surface area (Å²) >= 11 is 5.81. The smallest absolute Gasteiger partial charge is 0.264 e. The fraction of sp³-hybridized carbons (Fsp3) is 0.316. The molecule has 2 aromatic carbocycles. The lowest BCUT2D eigenvalue weighted by molar-refractivity contribution is 0.0930. The standard InChI is InChI=1S/C19H23ClN2O3S/c1-13(2)14(3)21-19(23)15-5-9-17(10-6-15)22(4)26(24,25)18-11-7-16(20)8-12-18/h5-14H,1-4H3,(H,21,23). The van der Waals surface area contributed by atoms with Crippen LogP contribution in [-0.4, -0.2) is 27.4 Å². The maximum atomic E-state index is 12.7. The summed E-state index contributed by atoms with van der Waals surface area (Å²) in [6.45, 7) is 6.01. The molecule has 0 saturated heterocycles. The highest BCUT2D eigenvalue weighted by molar-refractivity contribution is 7.92. The van der Waals surface area contributed by atoms with Crippen LogP contribution in [0, 0.1) is 5.92 Å². The van der Waals surface area contributed by atoms with Crippen LogP contribution in [0.1, 0.15) is 31.1 Å². The van der Waals surface area contributed by atoms with E-state index in [9.17, 15) is 13.2 Å². The molecule has 1 unspecified atom stereocenters. The zero-order chi connectivity index (χ0) is 19.5. The molecule has 1 amide bonds. The van der Waals surface area contributed by atoms with Crippen molar-refractivity contribution in [2.45, 2.75) is 31.7 Å². The highest BCUT2D eigenvalue weighted by Crippen LogP contribution is 2.23. The van der Waals surface area contributed by atoms with Crippen molar-refractivity contribution in [2.75, 3.05) is 11.4 Å². The zero-order valence-corrected chi connectivity index (χ0v) is 16.8. The molecule has 0 aliphatic heterocycles. The van der Waals surface area contributed by atoms with Gasteiger partial charge in [-0.3, -0.25) is 9.10 Å². The third-order valence-corrected chi connectivity index (χ3v) is 6.38. The molecule has 2 rings (SSSR count). The van der Waals surface area contributed by atoms with E-state index >= 15 is 0 Å². The Kier molecular flexibility index (Phi) is 6.31. The van der Waals surface area contributed by atoms with Gasteiger partial charge in [0, 0.05) is 23.7 Å². The maximum absolute atomic E-state index is 12.7. The Morgan fingerprint density at radius 1 is 1.00 bits per heavy atom. The number of benzene rings is 2. The molecule has 0 spiro atoms. The van der Waals surface area contributed by atoms with E-state index in [0.29, 0.717) is 22.2 Å². The Labute approximate surface area is 160 Å². The first kappa shape index (κ1) is 20.3. The molecule has 0 heterocycles. The monoisotopic (exact) mass is 394 g/mol. The van der Waals surface area contributed by atoms with Crippen LogP contribution in [0.5, 0.6) is 0 Å². The lowest BCUT2D eigenvalue weighted by atomic mass is 10.1. The summed E-state index contributed by atoms with van der Waals surface area (Å²) in [6, 6.07) is 12.5. The van der Waals surface area contributed by atoms with Gasteiger partial charge in [-0.05, 0) is 61.4 Å².